The van der Waals surface area contributed by atoms with Gasteiger partial charge in [-0.2, -0.15) is 0 Å². The second kappa shape index (κ2) is 9.53. The first kappa shape index (κ1) is 22.7. The van der Waals surface area contributed by atoms with E-state index in [-0.39, 0.29) is 23.8 Å². The molecule has 4 aromatic rings. The maximum absolute atomic E-state index is 13.0. The number of nitrogens with zero attached hydrogens (tertiary/aromatic N) is 1. The van der Waals surface area contributed by atoms with Gasteiger partial charge in [-0.05, 0) is 17.7 Å². The van der Waals surface area contributed by atoms with Gasteiger partial charge in [0.15, 0.2) is 5.78 Å². The first-order valence-electron chi connectivity index (χ1n) is 10.5. The number of hydrogen-bond acceptors (Lipinski definition) is 6. The van der Waals surface area contributed by atoms with Crippen molar-refractivity contribution in [3.05, 3.63) is 77.6 Å². The van der Waals surface area contributed by atoms with Crippen molar-refractivity contribution in [1.82, 2.24) is 15.3 Å². The van der Waals surface area contributed by atoms with Crippen LogP contribution in [0.1, 0.15) is 39.9 Å². The number of ether oxygens (including phenoxy) is 1. The SMILES string of the molecule is CC(=O)c1nc(C(=O)N[C@@H](CC(=O)O)C(=O)OCc2ccccc2)cc2c1[nH]c1ccccc12. The lowest BCUT2D eigenvalue weighted by Crippen LogP contribution is -2.43. The number of fused-ring (bicyclic) bond motifs is 3. The third-order valence-electron chi connectivity index (χ3n) is 5.25. The Morgan fingerprint density at radius 1 is 1.03 bits per heavy atom. The molecule has 2 aromatic heterocycles. The standard InChI is InChI=1S/C25H21N3O6/c1-14(29)22-23-17(16-9-5-6-10-18(16)26-23)11-19(27-22)24(32)28-20(12-21(30)31)25(33)34-13-15-7-3-2-4-8-15/h2-11,20,26H,12-13H2,1H3,(H,28,32)(H,30,31)/t20-/m0/s1. The van der Waals surface area contributed by atoms with Crippen LogP contribution in [-0.2, 0) is 20.9 Å². The van der Waals surface area contributed by atoms with Crippen LogP contribution in [0.15, 0.2) is 60.7 Å². The van der Waals surface area contributed by atoms with E-state index in [2.05, 4.69) is 15.3 Å². The highest BCUT2D eigenvalue weighted by Gasteiger charge is 2.27. The van der Waals surface area contributed by atoms with E-state index in [4.69, 9.17) is 4.74 Å². The molecule has 0 saturated carbocycles. The van der Waals surface area contributed by atoms with Crippen LogP contribution < -0.4 is 5.32 Å². The van der Waals surface area contributed by atoms with E-state index in [1.807, 2.05) is 30.3 Å². The van der Waals surface area contributed by atoms with Gasteiger partial charge in [-0.25, -0.2) is 9.78 Å². The number of carbonyl (C=O) groups excluding carboxylic acids is 3. The zero-order valence-corrected chi connectivity index (χ0v) is 18.2. The van der Waals surface area contributed by atoms with E-state index in [1.54, 1.807) is 24.3 Å². The van der Waals surface area contributed by atoms with Gasteiger partial charge in [0.25, 0.3) is 5.91 Å². The van der Waals surface area contributed by atoms with Crippen LogP contribution in [0.4, 0.5) is 0 Å². The van der Waals surface area contributed by atoms with Gasteiger partial charge in [0.1, 0.15) is 24.0 Å². The highest BCUT2D eigenvalue weighted by Crippen LogP contribution is 2.28. The van der Waals surface area contributed by atoms with Gasteiger partial charge in [0, 0.05) is 23.2 Å². The fraction of sp³-hybridized carbons (Fsp3) is 0.160. The summed E-state index contributed by atoms with van der Waals surface area (Å²) in [7, 11) is 0. The zero-order chi connectivity index (χ0) is 24.2. The zero-order valence-electron chi connectivity index (χ0n) is 18.2. The number of amides is 1. The summed E-state index contributed by atoms with van der Waals surface area (Å²) < 4.78 is 5.21. The number of carboxylic acid groups (broad SMARTS) is 1. The van der Waals surface area contributed by atoms with Crippen LogP contribution in [-0.4, -0.2) is 44.7 Å². The van der Waals surface area contributed by atoms with Crippen molar-refractivity contribution in [2.24, 2.45) is 0 Å². The minimum absolute atomic E-state index is 0.0697. The van der Waals surface area contributed by atoms with Crippen LogP contribution in [0, 0.1) is 0 Å². The molecule has 0 radical (unpaired) electrons. The topological polar surface area (TPSA) is 138 Å². The molecule has 9 heteroatoms. The number of H-pyrrole nitrogens is 1. The Kier molecular flexibility index (Phi) is 6.35. The molecule has 0 aliphatic carbocycles. The number of aromatic amines is 1. The van der Waals surface area contributed by atoms with Gasteiger partial charge in [0.05, 0.1) is 11.9 Å². The van der Waals surface area contributed by atoms with Crippen molar-refractivity contribution >= 4 is 45.4 Å². The Morgan fingerprint density at radius 3 is 2.44 bits per heavy atom. The molecule has 172 valence electrons. The summed E-state index contributed by atoms with van der Waals surface area (Å²) in [5.74, 6) is -3.32. The Morgan fingerprint density at radius 2 is 1.74 bits per heavy atom. The number of benzene rings is 2. The van der Waals surface area contributed by atoms with Gasteiger partial charge in [-0.1, -0.05) is 48.5 Å². The number of Topliss-reactive ketones (excluding diaryl/α,β-unsaturated/α-hetero) is 1. The Labute approximate surface area is 193 Å². The van der Waals surface area contributed by atoms with E-state index in [0.717, 1.165) is 10.9 Å². The fourth-order valence-electron chi connectivity index (χ4n) is 3.65. The Balaban J connectivity index is 1.62. The Hall–Kier alpha value is -4.53. The minimum Gasteiger partial charge on any atom is -0.481 e. The van der Waals surface area contributed by atoms with Crippen LogP contribution in [0.5, 0.6) is 0 Å². The molecule has 1 atom stereocenters. The number of carbonyl (C=O) groups is 4. The summed E-state index contributed by atoms with van der Waals surface area (Å²) in [5.41, 5.74) is 1.94. The summed E-state index contributed by atoms with van der Waals surface area (Å²) in [6, 6.07) is 16.3. The van der Waals surface area contributed by atoms with Crippen molar-refractivity contribution in [1.29, 1.82) is 0 Å². The molecule has 0 saturated heterocycles. The number of nitrogens with one attached hydrogen (secondary N) is 2. The molecule has 0 aliphatic heterocycles. The van der Waals surface area contributed by atoms with Crippen LogP contribution in [0.2, 0.25) is 0 Å². The molecule has 0 aliphatic rings. The van der Waals surface area contributed by atoms with Gasteiger partial charge < -0.3 is 20.1 Å². The Bertz CT molecular complexity index is 1410. The first-order chi connectivity index (χ1) is 16.3. The molecule has 1 amide bonds. The molecule has 0 unspecified atom stereocenters. The quantitative estimate of drug-likeness (QED) is 0.272. The molecule has 0 bridgehead atoms. The summed E-state index contributed by atoms with van der Waals surface area (Å²) in [5, 5.41) is 13.0. The molecule has 4 rings (SSSR count). The minimum atomic E-state index is -1.44. The van der Waals surface area contributed by atoms with Crippen LogP contribution in [0.3, 0.4) is 0 Å². The molecule has 2 aromatic carbocycles. The molecular formula is C25H21N3O6. The molecule has 3 N–H and O–H groups in total. The fourth-order valence-corrected chi connectivity index (χ4v) is 3.65. The average Bonchev–Trinajstić information content (AvgIpc) is 3.20. The predicted molar refractivity (Wildman–Crippen MR) is 123 cm³/mol. The average molecular weight is 459 g/mol. The highest BCUT2D eigenvalue weighted by atomic mass is 16.5. The molecule has 9 nitrogen and oxygen atoms in total. The lowest BCUT2D eigenvalue weighted by atomic mass is 10.1. The molecule has 2 heterocycles. The van der Waals surface area contributed by atoms with Crippen molar-refractivity contribution in [3.63, 3.8) is 0 Å². The van der Waals surface area contributed by atoms with Gasteiger partial charge >= 0.3 is 11.9 Å². The number of hydrogen-bond donors (Lipinski definition) is 3. The van der Waals surface area contributed by atoms with E-state index >= 15 is 0 Å². The van der Waals surface area contributed by atoms with Crippen molar-refractivity contribution in [2.45, 2.75) is 26.0 Å². The summed E-state index contributed by atoms with van der Waals surface area (Å²) in [6.07, 6.45) is -0.672. The number of aliphatic carboxylic acids is 1. The number of esters is 1. The smallest absolute Gasteiger partial charge is 0.329 e. The maximum atomic E-state index is 13.0. The third-order valence-corrected chi connectivity index (χ3v) is 5.25. The molecule has 0 spiro atoms. The van der Waals surface area contributed by atoms with Crippen LogP contribution in [0.25, 0.3) is 21.8 Å². The lowest BCUT2D eigenvalue weighted by Gasteiger charge is -2.16. The van der Waals surface area contributed by atoms with E-state index in [9.17, 15) is 24.3 Å². The summed E-state index contributed by atoms with van der Waals surface area (Å²) >= 11 is 0. The maximum Gasteiger partial charge on any atom is 0.329 e. The van der Waals surface area contributed by atoms with Crippen molar-refractivity contribution < 1.29 is 29.0 Å². The second-order valence-electron chi connectivity index (χ2n) is 7.72. The lowest BCUT2D eigenvalue weighted by molar-refractivity contribution is -0.151. The summed E-state index contributed by atoms with van der Waals surface area (Å²) in [6.45, 7) is 1.27. The predicted octanol–water partition coefficient (Wildman–Crippen LogP) is 3.24. The molecular weight excluding hydrogens is 438 g/mol. The van der Waals surface area contributed by atoms with E-state index in [1.165, 1.54) is 13.0 Å². The van der Waals surface area contributed by atoms with Crippen LogP contribution >= 0.6 is 0 Å². The van der Waals surface area contributed by atoms with Gasteiger partial charge in [0.2, 0.25) is 0 Å². The molecule has 34 heavy (non-hydrogen) atoms. The van der Waals surface area contributed by atoms with Crippen molar-refractivity contribution in [3.8, 4) is 0 Å². The number of aromatic nitrogens is 2. The number of para-hydroxylation sites is 1. The highest BCUT2D eigenvalue weighted by molar-refractivity contribution is 6.15. The third kappa shape index (κ3) is 4.78. The number of ketones is 1. The van der Waals surface area contributed by atoms with Gasteiger partial charge in [-0.3, -0.25) is 14.4 Å². The number of pyridine rings is 1. The van der Waals surface area contributed by atoms with Crippen molar-refractivity contribution in [2.75, 3.05) is 0 Å². The normalized spacial score (nSPS) is 11.8. The van der Waals surface area contributed by atoms with Gasteiger partial charge in [-0.15, -0.1) is 0 Å². The van der Waals surface area contributed by atoms with E-state index in [0.29, 0.717) is 16.5 Å². The second-order valence-corrected chi connectivity index (χ2v) is 7.72. The first-order valence-corrected chi connectivity index (χ1v) is 10.5. The largest absolute Gasteiger partial charge is 0.481 e. The summed E-state index contributed by atoms with van der Waals surface area (Å²) in [4.78, 5) is 56.4. The number of rotatable bonds is 8. The molecule has 0 fully saturated rings. The number of carboxylic acids is 1. The van der Waals surface area contributed by atoms with E-state index < -0.39 is 30.3 Å². The monoisotopic (exact) mass is 459 g/mol.